The number of halogens is 1. The fourth-order valence-electron chi connectivity index (χ4n) is 4.81. The molecule has 0 amide bonds. The molecule has 1 aliphatic carbocycles. The smallest absolute Gasteiger partial charge is 0.341 e. The van der Waals surface area contributed by atoms with Crippen molar-refractivity contribution in [1.29, 1.82) is 0 Å². The summed E-state index contributed by atoms with van der Waals surface area (Å²) in [5, 5.41) is 9.39. The molecule has 1 fully saturated rings. The van der Waals surface area contributed by atoms with E-state index >= 15 is 4.39 Å². The van der Waals surface area contributed by atoms with Gasteiger partial charge < -0.3 is 15.4 Å². The molecule has 1 saturated carbocycles. The summed E-state index contributed by atoms with van der Waals surface area (Å²) < 4.78 is 17.1. The quantitative estimate of drug-likeness (QED) is 0.828. The van der Waals surface area contributed by atoms with E-state index in [2.05, 4.69) is 4.99 Å². The Morgan fingerprint density at radius 3 is 2.76 bits per heavy atom. The largest absolute Gasteiger partial charge is 0.477 e. The van der Waals surface area contributed by atoms with Crippen LogP contribution in [0.25, 0.3) is 10.9 Å². The molecule has 3 unspecified atom stereocenters. The average molecular weight is 397 g/mol. The van der Waals surface area contributed by atoms with Gasteiger partial charge in [0.1, 0.15) is 16.9 Å². The van der Waals surface area contributed by atoms with Crippen molar-refractivity contribution >= 4 is 23.1 Å². The van der Waals surface area contributed by atoms with Gasteiger partial charge in [-0.25, -0.2) is 9.18 Å². The molecule has 1 aromatic heterocycles. The van der Waals surface area contributed by atoms with Gasteiger partial charge >= 0.3 is 5.97 Å². The van der Waals surface area contributed by atoms with Crippen molar-refractivity contribution in [2.45, 2.75) is 50.7 Å². The molecule has 1 aromatic carbocycles. The average Bonchev–Trinajstić information content (AvgIpc) is 3.19. The lowest BCUT2D eigenvalue weighted by Crippen LogP contribution is -2.45. The molecule has 2 heterocycles. The minimum atomic E-state index is -1.32. The first-order valence-electron chi connectivity index (χ1n) is 9.98. The molecule has 4 rings (SSSR count). The van der Waals surface area contributed by atoms with Crippen LogP contribution in [0.1, 0.15) is 48.5 Å². The number of aliphatic imine (C=N–C) groups is 1. The van der Waals surface area contributed by atoms with Crippen molar-refractivity contribution in [3.63, 3.8) is 0 Å². The van der Waals surface area contributed by atoms with Gasteiger partial charge in [0.15, 0.2) is 0 Å². The normalized spacial score (nSPS) is 26.3. The summed E-state index contributed by atoms with van der Waals surface area (Å²) in [7, 11) is 0. The van der Waals surface area contributed by atoms with Crippen LogP contribution in [0.15, 0.2) is 40.3 Å². The van der Waals surface area contributed by atoms with Crippen LogP contribution in [0.2, 0.25) is 0 Å². The van der Waals surface area contributed by atoms with E-state index in [0.29, 0.717) is 17.6 Å². The lowest BCUT2D eigenvalue weighted by atomic mass is 9.69. The minimum absolute atomic E-state index is 0.0432. The SMILES string of the molecule is CCn1cc(C(=O)O)c(=O)c2cc(F)c(C3(C4CCCCC4N)C=CC=N3)cc21. The Morgan fingerprint density at radius 1 is 1.38 bits per heavy atom. The molecule has 1 aliphatic heterocycles. The number of allylic oxidation sites excluding steroid dienone is 1. The number of hydrogen-bond donors (Lipinski definition) is 2. The second kappa shape index (κ2) is 7.22. The number of nitrogens with zero attached hydrogens (tertiary/aromatic N) is 2. The molecule has 29 heavy (non-hydrogen) atoms. The van der Waals surface area contributed by atoms with Crippen LogP contribution in [-0.2, 0) is 12.1 Å². The number of benzene rings is 1. The number of carbonyl (C=O) groups is 1. The van der Waals surface area contributed by atoms with Crippen molar-refractivity contribution in [3.05, 3.63) is 57.6 Å². The molecular formula is C22H24FN3O3. The summed E-state index contributed by atoms with van der Waals surface area (Å²) in [4.78, 5) is 28.7. The monoisotopic (exact) mass is 397 g/mol. The number of aryl methyl sites for hydroxylation is 1. The number of hydrogen-bond acceptors (Lipinski definition) is 4. The van der Waals surface area contributed by atoms with Crippen LogP contribution in [0.4, 0.5) is 4.39 Å². The Balaban J connectivity index is 1.99. The first-order chi connectivity index (χ1) is 13.9. The molecule has 0 radical (unpaired) electrons. The fourth-order valence-corrected chi connectivity index (χ4v) is 4.81. The molecule has 6 nitrogen and oxygen atoms in total. The topological polar surface area (TPSA) is 97.7 Å². The van der Waals surface area contributed by atoms with Crippen molar-refractivity contribution in [2.75, 3.05) is 0 Å². The highest BCUT2D eigenvalue weighted by Crippen LogP contribution is 2.45. The lowest BCUT2D eigenvalue weighted by Gasteiger charge is -2.40. The number of nitrogens with two attached hydrogens (primary N) is 1. The molecule has 2 aliphatic rings. The summed E-state index contributed by atoms with van der Waals surface area (Å²) in [6, 6.07) is 2.71. The predicted octanol–water partition coefficient (Wildman–Crippen LogP) is 3.21. The van der Waals surface area contributed by atoms with E-state index in [-0.39, 0.29) is 22.9 Å². The maximum atomic E-state index is 15.4. The molecule has 0 spiro atoms. The zero-order valence-corrected chi connectivity index (χ0v) is 16.3. The molecule has 0 bridgehead atoms. The van der Waals surface area contributed by atoms with E-state index < -0.39 is 22.8 Å². The van der Waals surface area contributed by atoms with Gasteiger partial charge in [0, 0.05) is 41.9 Å². The van der Waals surface area contributed by atoms with Gasteiger partial charge in [-0.2, -0.15) is 0 Å². The van der Waals surface area contributed by atoms with Gasteiger partial charge in [-0.1, -0.05) is 18.9 Å². The Hall–Kier alpha value is -2.80. The predicted molar refractivity (Wildman–Crippen MR) is 110 cm³/mol. The summed E-state index contributed by atoms with van der Waals surface area (Å²) >= 11 is 0. The van der Waals surface area contributed by atoms with E-state index in [1.54, 1.807) is 16.8 Å². The maximum Gasteiger partial charge on any atom is 0.341 e. The molecule has 152 valence electrons. The Morgan fingerprint density at radius 2 is 2.14 bits per heavy atom. The molecule has 0 saturated heterocycles. The van der Waals surface area contributed by atoms with Crippen LogP contribution < -0.4 is 11.2 Å². The third-order valence-electron chi connectivity index (χ3n) is 6.28. The molecule has 2 aromatic rings. The highest BCUT2D eigenvalue weighted by atomic mass is 19.1. The fraction of sp³-hybridized carbons (Fsp3) is 0.409. The van der Waals surface area contributed by atoms with Crippen LogP contribution in [0.5, 0.6) is 0 Å². The van der Waals surface area contributed by atoms with E-state index in [9.17, 15) is 14.7 Å². The van der Waals surface area contributed by atoms with Gasteiger partial charge in [0.05, 0.1) is 5.52 Å². The van der Waals surface area contributed by atoms with E-state index in [1.807, 2.05) is 19.1 Å². The number of pyridine rings is 1. The summed E-state index contributed by atoms with van der Waals surface area (Å²) in [5.74, 6) is -1.93. The van der Waals surface area contributed by atoms with E-state index in [4.69, 9.17) is 5.73 Å². The van der Waals surface area contributed by atoms with Crippen molar-refractivity contribution in [3.8, 4) is 0 Å². The molecule has 3 atom stereocenters. The third kappa shape index (κ3) is 3.00. The van der Waals surface area contributed by atoms with Crippen molar-refractivity contribution < 1.29 is 14.3 Å². The Kier molecular flexibility index (Phi) is 4.86. The first-order valence-corrected chi connectivity index (χ1v) is 9.98. The van der Waals surface area contributed by atoms with E-state index in [1.165, 1.54) is 6.20 Å². The number of carboxylic acids is 1. The van der Waals surface area contributed by atoms with Gasteiger partial charge in [-0.15, -0.1) is 0 Å². The summed E-state index contributed by atoms with van der Waals surface area (Å²) in [6.45, 7) is 2.29. The first kappa shape index (κ1) is 19.5. The second-order valence-corrected chi connectivity index (χ2v) is 7.83. The zero-order valence-electron chi connectivity index (χ0n) is 16.3. The Bertz CT molecular complexity index is 1090. The van der Waals surface area contributed by atoms with E-state index in [0.717, 1.165) is 31.7 Å². The van der Waals surface area contributed by atoms with Crippen LogP contribution >= 0.6 is 0 Å². The minimum Gasteiger partial charge on any atom is -0.477 e. The number of aromatic carboxylic acids is 1. The number of aromatic nitrogens is 1. The van der Waals surface area contributed by atoms with Crippen molar-refractivity contribution in [1.82, 2.24) is 4.57 Å². The van der Waals surface area contributed by atoms with Gasteiger partial charge in [-0.3, -0.25) is 9.79 Å². The molecule has 3 N–H and O–H groups in total. The highest BCUT2D eigenvalue weighted by molar-refractivity contribution is 5.93. The van der Waals surface area contributed by atoms with Gasteiger partial charge in [0.2, 0.25) is 5.43 Å². The van der Waals surface area contributed by atoms with Crippen LogP contribution in [0, 0.1) is 11.7 Å². The van der Waals surface area contributed by atoms with Crippen LogP contribution in [-0.4, -0.2) is 27.9 Å². The standard InChI is InChI=1S/C22H24FN3O3/c1-2-26-12-14(21(28)29)20(27)13-10-17(23)16(11-19(13)26)22(8-5-9-25-22)15-6-3-4-7-18(15)24/h5,8-12,15,18H,2-4,6-7,24H2,1H3,(H,28,29). The number of fused-ring (bicyclic) bond motifs is 1. The molecule has 7 heteroatoms. The van der Waals surface area contributed by atoms with Crippen LogP contribution in [0.3, 0.4) is 0 Å². The summed E-state index contributed by atoms with van der Waals surface area (Å²) in [6.07, 6.45) is 10.5. The second-order valence-electron chi connectivity index (χ2n) is 7.83. The van der Waals surface area contributed by atoms with Crippen molar-refractivity contribution in [2.24, 2.45) is 16.6 Å². The van der Waals surface area contributed by atoms with Gasteiger partial charge in [0.25, 0.3) is 0 Å². The maximum absolute atomic E-state index is 15.4. The zero-order chi connectivity index (χ0) is 20.8. The molecular weight excluding hydrogens is 373 g/mol. The number of carboxylic acid groups (broad SMARTS) is 1. The van der Waals surface area contributed by atoms with Gasteiger partial charge in [-0.05, 0) is 38.0 Å². The Labute approximate surface area is 167 Å². The summed E-state index contributed by atoms with van der Waals surface area (Å²) in [5.41, 5.74) is 5.35. The third-order valence-corrected chi connectivity index (χ3v) is 6.28. The lowest BCUT2D eigenvalue weighted by molar-refractivity contribution is 0.0695. The highest BCUT2D eigenvalue weighted by Gasteiger charge is 2.45. The number of rotatable bonds is 4.